The molecule has 2 heterocycles. The third-order valence-corrected chi connectivity index (χ3v) is 5.35. The second-order valence-electron chi connectivity index (χ2n) is 7.28. The van der Waals surface area contributed by atoms with Gasteiger partial charge in [0.25, 0.3) is 5.91 Å². The monoisotopic (exact) mass is 370 g/mol. The van der Waals surface area contributed by atoms with Crippen LogP contribution in [0.5, 0.6) is 0 Å². The van der Waals surface area contributed by atoms with Crippen molar-refractivity contribution < 1.29 is 14.0 Å². The van der Waals surface area contributed by atoms with Gasteiger partial charge in [-0.25, -0.2) is 4.39 Å². The number of carbonyl (C=O) groups excluding carboxylic acids is 2. The van der Waals surface area contributed by atoms with E-state index in [0.29, 0.717) is 6.54 Å². The van der Waals surface area contributed by atoms with Crippen LogP contribution >= 0.6 is 0 Å². The summed E-state index contributed by atoms with van der Waals surface area (Å²) in [5, 5.41) is 7.33. The fourth-order valence-corrected chi connectivity index (χ4v) is 3.61. The van der Waals surface area contributed by atoms with Gasteiger partial charge in [0.1, 0.15) is 5.82 Å². The standard InChI is InChI=1S/C20H23FN4O2/c21-16-7-2-6-15(10-16)19(26)22-12-17-11-18-13-24(8-3-9-25(18)23-17)20(27)14-4-1-5-14/h2,6-7,10-11,14H,1,3-5,8-9,12-13H2,(H,22,26). The molecule has 0 unspecified atom stereocenters. The van der Waals surface area contributed by atoms with Gasteiger partial charge in [0.2, 0.25) is 5.91 Å². The maximum atomic E-state index is 13.2. The highest BCUT2D eigenvalue weighted by atomic mass is 19.1. The number of fused-ring (bicyclic) bond motifs is 1. The maximum absolute atomic E-state index is 13.2. The molecule has 7 heteroatoms. The second kappa shape index (κ2) is 7.50. The van der Waals surface area contributed by atoms with Crippen molar-refractivity contribution in [2.75, 3.05) is 6.54 Å². The van der Waals surface area contributed by atoms with Crippen molar-refractivity contribution >= 4 is 11.8 Å². The van der Waals surface area contributed by atoms with Crippen LogP contribution in [0.25, 0.3) is 0 Å². The van der Waals surface area contributed by atoms with Crippen molar-refractivity contribution in [1.82, 2.24) is 20.0 Å². The Morgan fingerprint density at radius 3 is 2.78 bits per heavy atom. The van der Waals surface area contributed by atoms with E-state index < -0.39 is 5.82 Å². The van der Waals surface area contributed by atoms with Gasteiger partial charge in [-0.1, -0.05) is 12.5 Å². The SMILES string of the molecule is O=C(NCc1cc2n(n1)CCCN(C(=O)C1CCC1)C2)c1cccc(F)c1. The molecule has 1 fully saturated rings. The Morgan fingerprint density at radius 2 is 2.04 bits per heavy atom. The number of aromatic nitrogens is 2. The van der Waals surface area contributed by atoms with Gasteiger partial charge in [-0.2, -0.15) is 5.10 Å². The van der Waals surface area contributed by atoms with Crippen LogP contribution in [0.2, 0.25) is 0 Å². The van der Waals surface area contributed by atoms with Crippen LogP contribution in [-0.4, -0.2) is 33.0 Å². The molecule has 1 aliphatic carbocycles. The lowest BCUT2D eigenvalue weighted by atomic mass is 9.84. The highest BCUT2D eigenvalue weighted by Crippen LogP contribution is 2.29. The second-order valence-corrected chi connectivity index (χ2v) is 7.28. The van der Waals surface area contributed by atoms with Crippen molar-refractivity contribution in [1.29, 1.82) is 0 Å². The van der Waals surface area contributed by atoms with Crippen LogP contribution in [0, 0.1) is 11.7 Å². The molecule has 2 aliphatic rings. The molecule has 1 aliphatic heterocycles. The van der Waals surface area contributed by atoms with Crippen LogP contribution in [-0.2, 0) is 24.4 Å². The molecule has 2 amide bonds. The summed E-state index contributed by atoms with van der Waals surface area (Å²) in [4.78, 5) is 26.7. The van der Waals surface area contributed by atoms with E-state index in [1.807, 2.05) is 15.6 Å². The molecule has 1 aromatic carbocycles. The fraction of sp³-hybridized carbons (Fsp3) is 0.450. The summed E-state index contributed by atoms with van der Waals surface area (Å²) >= 11 is 0. The third-order valence-electron chi connectivity index (χ3n) is 5.35. The molecule has 2 aromatic rings. The predicted octanol–water partition coefficient (Wildman–Crippen LogP) is 2.48. The molecule has 1 aromatic heterocycles. The lowest BCUT2D eigenvalue weighted by Crippen LogP contribution is -2.38. The molecule has 27 heavy (non-hydrogen) atoms. The number of hydrogen-bond donors (Lipinski definition) is 1. The summed E-state index contributed by atoms with van der Waals surface area (Å²) in [5.74, 6) is -0.312. The van der Waals surface area contributed by atoms with Crippen molar-refractivity contribution in [3.05, 3.63) is 53.1 Å². The molecule has 0 saturated heterocycles. The zero-order valence-corrected chi connectivity index (χ0v) is 15.2. The van der Waals surface area contributed by atoms with E-state index in [2.05, 4.69) is 10.4 Å². The Labute approximate surface area is 157 Å². The van der Waals surface area contributed by atoms with Gasteiger partial charge in [-0.3, -0.25) is 14.3 Å². The molecule has 1 saturated carbocycles. The van der Waals surface area contributed by atoms with E-state index in [4.69, 9.17) is 0 Å². The summed E-state index contributed by atoms with van der Waals surface area (Å²) in [6, 6.07) is 7.54. The number of rotatable bonds is 4. The Balaban J connectivity index is 1.40. The Morgan fingerprint density at radius 1 is 1.19 bits per heavy atom. The first kappa shape index (κ1) is 17.7. The summed E-state index contributed by atoms with van der Waals surface area (Å²) in [6.07, 6.45) is 4.04. The highest BCUT2D eigenvalue weighted by Gasteiger charge is 2.30. The van der Waals surface area contributed by atoms with Crippen molar-refractivity contribution in [3.63, 3.8) is 0 Å². The summed E-state index contributed by atoms with van der Waals surface area (Å²) in [5.41, 5.74) is 2.02. The molecular weight excluding hydrogens is 347 g/mol. The maximum Gasteiger partial charge on any atom is 0.251 e. The van der Waals surface area contributed by atoms with E-state index in [1.165, 1.54) is 18.2 Å². The van der Waals surface area contributed by atoms with Crippen molar-refractivity contribution in [3.8, 4) is 0 Å². The average Bonchev–Trinajstić information content (AvgIpc) is 2.88. The summed E-state index contributed by atoms with van der Waals surface area (Å²) in [7, 11) is 0. The summed E-state index contributed by atoms with van der Waals surface area (Å²) < 4.78 is 15.2. The van der Waals surface area contributed by atoms with Crippen LogP contribution in [0.4, 0.5) is 4.39 Å². The zero-order valence-electron chi connectivity index (χ0n) is 15.2. The molecule has 4 rings (SSSR count). The molecular formula is C20H23FN4O2. The summed E-state index contributed by atoms with van der Waals surface area (Å²) in [6.45, 7) is 2.37. The lowest BCUT2D eigenvalue weighted by Gasteiger charge is -2.30. The molecule has 0 radical (unpaired) electrons. The quantitative estimate of drug-likeness (QED) is 0.899. The average molecular weight is 370 g/mol. The number of benzene rings is 1. The number of carbonyl (C=O) groups is 2. The van der Waals surface area contributed by atoms with Crippen molar-refractivity contribution in [2.24, 2.45) is 5.92 Å². The van der Waals surface area contributed by atoms with E-state index >= 15 is 0 Å². The largest absolute Gasteiger partial charge is 0.346 e. The molecule has 1 N–H and O–H groups in total. The minimum atomic E-state index is -0.437. The van der Waals surface area contributed by atoms with Crippen LogP contribution in [0.15, 0.2) is 30.3 Å². The number of hydrogen-bond acceptors (Lipinski definition) is 3. The number of halogens is 1. The fourth-order valence-electron chi connectivity index (χ4n) is 3.61. The van der Waals surface area contributed by atoms with Gasteiger partial charge >= 0.3 is 0 Å². The zero-order chi connectivity index (χ0) is 18.8. The first-order valence-corrected chi connectivity index (χ1v) is 9.48. The van der Waals surface area contributed by atoms with Gasteiger partial charge in [0.15, 0.2) is 0 Å². The van der Waals surface area contributed by atoms with E-state index in [9.17, 15) is 14.0 Å². The van der Waals surface area contributed by atoms with Gasteiger partial charge in [-0.15, -0.1) is 0 Å². The van der Waals surface area contributed by atoms with Crippen LogP contribution in [0.3, 0.4) is 0 Å². The molecule has 142 valence electrons. The van der Waals surface area contributed by atoms with Gasteiger partial charge in [0.05, 0.1) is 24.5 Å². The lowest BCUT2D eigenvalue weighted by molar-refractivity contribution is -0.138. The van der Waals surface area contributed by atoms with Gasteiger partial charge in [-0.05, 0) is 43.5 Å². The van der Waals surface area contributed by atoms with Crippen LogP contribution < -0.4 is 5.32 Å². The first-order chi connectivity index (χ1) is 13.1. The third kappa shape index (κ3) is 3.86. The first-order valence-electron chi connectivity index (χ1n) is 9.48. The smallest absolute Gasteiger partial charge is 0.251 e. The highest BCUT2D eigenvalue weighted by molar-refractivity contribution is 5.94. The van der Waals surface area contributed by atoms with E-state index in [0.717, 1.165) is 50.2 Å². The van der Waals surface area contributed by atoms with Crippen LogP contribution in [0.1, 0.15) is 47.4 Å². The number of amides is 2. The number of nitrogens with zero attached hydrogens (tertiary/aromatic N) is 3. The Bertz CT molecular complexity index is 859. The number of aryl methyl sites for hydroxylation is 1. The minimum absolute atomic E-state index is 0.199. The van der Waals surface area contributed by atoms with Crippen molar-refractivity contribution in [2.45, 2.75) is 45.3 Å². The minimum Gasteiger partial charge on any atom is -0.346 e. The number of nitrogens with one attached hydrogen (secondary N) is 1. The van der Waals surface area contributed by atoms with Gasteiger partial charge in [0, 0.05) is 24.6 Å². The molecule has 6 nitrogen and oxygen atoms in total. The normalized spacial score (nSPS) is 17.0. The van der Waals surface area contributed by atoms with E-state index in [1.54, 1.807) is 6.07 Å². The molecule has 0 bridgehead atoms. The topological polar surface area (TPSA) is 67.2 Å². The Hall–Kier alpha value is -2.70. The molecule has 0 atom stereocenters. The van der Waals surface area contributed by atoms with Gasteiger partial charge < -0.3 is 10.2 Å². The predicted molar refractivity (Wildman–Crippen MR) is 97.2 cm³/mol. The van der Waals surface area contributed by atoms with E-state index in [-0.39, 0.29) is 29.8 Å². The Kier molecular flexibility index (Phi) is 4.92. The molecule has 0 spiro atoms.